The molecule has 1 fully saturated rings. The van der Waals surface area contributed by atoms with Crippen LogP contribution in [0, 0.1) is 6.92 Å². The number of aromatic nitrogens is 1. The maximum atomic E-state index is 10.9. The molecule has 0 atom stereocenters. The molecule has 1 saturated heterocycles. The zero-order valence-electron chi connectivity index (χ0n) is 12.0. The lowest BCUT2D eigenvalue weighted by molar-refractivity contribution is 0.132. The van der Waals surface area contributed by atoms with E-state index in [0.717, 1.165) is 29.1 Å². The van der Waals surface area contributed by atoms with E-state index >= 15 is 0 Å². The first-order valence-electron chi connectivity index (χ1n) is 7.14. The predicted molar refractivity (Wildman–Crippen MR) is 83.9 cm³/mol. The highest BCUT2D eigenvalue weighted by Gasteiger charge is 2.25. The van der Waals surface area contributed by atoms with Crippen molar-refractivity contribution in [3.63, 3.8) is 0 Å². The van der Waals surface area contributed by atoms with E-state index in [0.29, 0.717) is 19.0 Å². The van der Waals surface area contributed by atoms with Crippen molar-refractivity contribution in [2.45, 2.75) is 25.7 Å². The van der Waals surface area contributed by atoms with Crippen LogP contribution in [0.15, 0.2) is 29.6 Å². The van der Waals surface area contributed by atoms with E-state index in [2.05, 4.69) is 36.6 Å². The number of amides is 1. The maximum absolute atomic E-state index is 10.9. The fourth-order valence-corrected chi connectivity index (χ4v) is 3.65. The smallest absolute Gasteiger partial charge is 0.407 e. The molecule has 0 radical (unpaired) electrons. The Balaban J connectivity index is 1.71. The van der Waals surface area contributed by atoms with Gasteiger partial charge in [0.1, 0.15) is 0 Å². The lowest BCUT2D eigenvalue weighted by Crippen LogP contribution is -2.36. The summed E-state index contributed by atoms with van der Waals surface area (Å²) in [5, 5.41) is 12.2. The number of carbonyl (C=O) groups is 1. The van der Waals surface area contributed by atoms with Gasteiger partial charge in [-0.2, -0.15) is 0 Å². The molecule has 1 aromatic carbocycles. The quantitative estimate of drug-likeness (QED) is 0.913. The first kappa shape index (κ1) is 14.1. The number of carboxylic acid groups (broad SMARTS) is 1. The Kier molecular flexibility index (Phi) is 3.92. The molecule has 110 valence electrons. The SMILES string of the molecule is Cc1ccc(-c2csc(C3CCN(C(=O)O)CC3)n2)cc1. The molecule has 21 heavy (non-hydrogen) atoms. The van der Waals surface area contributed by atoms with Gasteiger partial charge in [-0.05, 0) is 19.8 Å². The fraction of sp³-hybridized carbons (Fsp3) is 0.375. The molecule has 1 aromatic heterocycles. The number of nitrogens with zero attached hydrogens (tertiary/aromatic N) is 2. The molecule has 0 bridgehead atoms. The van der Waals surface area contributed by atoms with Crippen molar-refractivity contribution >= 4 is 17.4 Å². The van der Waals surface area contributed by atoms with Crippen molar-refractivity contribution in [3.8, 4) is 11.3 Å². The van der Waals surface area contributed by atoms with E-state index in [-0.39, 0.29) is 0 Å². The van der Waals surface area contributed by atoms with Gasteiger partial charge < -0.3 is 10.0 Å². The fourth-order valence-electron chi connectivity index (χ4n) is 2.65. The Morgan fingerprint density at radius 1 is 1.29 bits per heavy atom. The topological polar surface area (TPSA) is 53.4 Å². The highest BCUT2D eigenvalue weighted by Crippen LogP contribution is 2.32. The minimum absolute atomic E-state index is 0.393. The Morgan fingerprint density at radius 3 is 2.57 bits per heavy atom. The summed E-state index contributed by atoms with van der Waals surface area (Å²) in [5.74, 6) is 0.393. The third-order valence-corrected chi connectivity index (χ3v) is 4.99. The predicted octanol–water partition coefficient (Wildman–Crippen LogP) is 3.98. The van der Waals surface area contributed by atoms with Gasteiger partial charge in [-0.1, -0.05) is 29.8 Å². The molecule has 2 aromatic rings. The number of rotatable bonds is 2. The van der Waals surface area contributed by atoms with Gasteiger partial charge in [0.2, 0.25) is 0 Å². The number of thiazole rings is 1. The van der Waals surface area contributed by atoms with Crippen LogP contribution in [0.25, 0.3) is 11.3 Å². The molecule has 5 heteroatoms. The normalized spacial score (nSPS) is 16.1. The minimum atomic E-state index is -0.812. The lowest BCUT2D eigenvalue weighted by atomic mass is 9.98. The highest BCUT2D eigenvalue weighted by molar-refractivity contribution is 7.10. The summed E-state index contributed by atoms with van der Waals surface area (Å²) in [6, 6.07) is 8.39. The monoisotopic (exact) mass is 302 g/mol. The van der Waals surface area contributed by atoms with Crippen LogP contribution in [0.4, 0.5) is 4.79 Å². The van der Waals surface area contributed by atoms with E-state index in [9.17, 15) is 4.79 Å². The summed E-state index contributed by atoms with van der Waals surface area (Å²) >= 11 is 1.69. The van der Waals surface area contributed by atoms with Crippen molar-refractivity contribution in [2.24, 2.45) is 0 Å². The standard InChI is InChI=1S/C16H18N2O2S/c1-11-2-4-12(5-3-11)14-10-21-15(17-14)13-6-8-18(9-7-13)16(19)20/h2-5,10,13H,6-9H2,1H3,(H,19,20). The van der Waals surface area contributed by atoms with Crippen LogP contribution in [0.3, 0.4) is 0 Å². The number of piperidine rings is 1. The van der Waals surface area contributed by atoms with Crippen LogP contribution in [0.1, 0.15) is 29.3 Å². The second kappa shape index (κ2) is 5.85. The molecule has 1 aliphatic rings. The lowest BCUT2D eigenvalue weighted by Gasteiger charge is -2.28. The van der Waals surface area contributed by atoms with Gasteiger partial charge in [0.25, 0.3) is 0 Å². The van der Waals surface area contributed by atoms with Crippen LogP contribution in [0.2, 0.25) is 0 Å². The Labute approximate surface area is 128 Å². The van der Waals surface area contributed by atoms with Gasteiger partial charge in [0.05, 0.1) is 10.7 Å². The molecule has 0 saturated carbocycles. The van der Waals surface area contributed by atoms with Crippen molar-refractivity contribution in [2.75, 3.05) is 13.1 Å². The molecule has 1 aliphatic heterocycles. The molecule has 1 amide bonds. The number of aryl methyl sites for hydroxylation is 1. The van der Waals surface area contributed by atoms with Gasteiger partial charge in [-0.25, -0.2) is 9.78 Å². The second-order valence-electron chi connectivity index (χ2n) is 5.48. The van der Waals surface area contributed by atoms with Crippen molar-refractivity contribution < 1.29 is 9.90 Å². The summed E-state index contributed by atoms with van der Waals surface area (Å²) in [4.78, 5) is 17.2. The molecule has 1 N–H and O–H groups in total. The van der Waals surface area contributed by atoms with Crippen molar-refractivity contribution in [1.29, 1.82) is 0 Å². The van der Waals surface area contributed by atoms with E-state index in [1.54, 1.807) is 11.3 Å². The summed E-state index contributed by atoms with van der Waals surface area (Å²) in [5.41, 5.74) is 3.41. The van der Waals surface area contributed by atoms with Gasteiger partial charge >= 0.3 is 6.09 Å². The van der Waals surface area contributed by atoms with Crippen LogP contribution >= 0.6 is 11.3 Å². The number of hydrogen-bond acceptors (Lipinski definition) is 3. The molecule has 0 aliphatic carbocycles. The average Bonchev–Trinajstić information content (AvgIpc) is 2.98. The molecular formula is C16H18N2O2S. The molecule has 3 rings (SSSR count). The van der Waals surface area contributed by atoms with Crippen LogP contribution in [-0.2, 0) is 0 Å². The molecule has 0 unspecified atom stereocenters. The molecule has 4 nitrogen and oxygen atoms in total. The Hall–Kier alpha value is -1.88. The van der Waals surface area contributed by atoms with Crippen LogP contribution in [-0.4, -0.2) is 34.2 Å². The summed E-state index contributed by atoms with van der Waals surface area (Å²) in [7, 11) is 0. The molecule has 2 heterocycles. The zero-order chi connectivity index (χ0) is 14.8. The van der Waals surface area contributed by atoms with E-state index in [4.69, 9.17) is 10.1 Å². The Morgan fingerprint density at radius 2 is 1.95 bits per heavy atom. The minimum Gasteiger partial charge on any atom is -0.465 e. The largest absolute Gasteiger partial charge is 0.465 e. The van der Waals surface area contributed by atoms with E-state index < -0.39 is 6.09 Å². The van der Waals surface area contributed by atoms with E-state index in [1.807, 2.05) is 0 Å². The van der Waals surface area contributed by atoms with Gasteiger partial charge in [0, 0.05) is 30.0 Å². The number of hydrogen-bond donors (Lipinski definition) is 1. The van der Waals surface area contributed by atoms with Gasteiger partial charge in [-0.15, -0.1) is 11.3 Å². The van der Waals surface area contributed by atoms with E-state index in [1.165, 1.54) is 10.5 Å². The molecular weight excluding hydrogens is 284 g/mol. The number of benzene rings is 1. The molecule has 0 spiro atoms. The first-order chi connectivity index (χ1) is 10.1. The third kappa shape index (κ3) is 3.08. The van der Waals surface area contributed by atoms with Crippen LogP contribution in [0.5, 0.6) is 0 Å². The third-order valence-electron chi connectivity index (χ3n) is 3.98. The maximum Gasteiger partial charge on any atom is 0.407 e. The van der Waals surface area contributed by atoms with Crippen molar-refractivity contribution in [3.05, 3.63) is 40.2 Å². The zero-order valence-corrected chi connectivity index (χ0v) is 12.8. The Bertz CT molecular complexity index is 628. The van der Waals surface area contributed by atoms with Gasteiger partial charge in [0.15, 0.2) is 0 Å². The number of likely N-dealkylation sites (tertiary alicyclic amines) is 1. The summed E-state index contributed by atoms with van der Waals surface area (Å²) < 4.78 is 0. The summed E-state index contributed by atoms with van der Waals surface area (Å²) in [6.07, 6.45) is 0.924. The average molecular weight is 302 g/mol. The van der Waals surface area contributed by atoms with Crippen LogP contribution < -0.4 is 0 Å². The first-order valence-corrected chi connectivity index (χ1v) is 8.02. The van der Waals surface area contributed by atoms with Gasteiger partial charge in [-0.3, -0.25) is 0 Å². The van der Waals surface area contributed by atoms with Crippen molar-refractivity contribution in [1.82, 2.24) is 9.88 Å². The highest BCUT2D eigenvalue weighted by atomic mass is 32.1. The summed E-state index contributed by atoms with van der Waals surface area (Å²) in [6.45, 7) is 3.30. The second-order valence-corrected chi connectivity index (χ2v) is 6.37.